The molecule has 16 aromatic rings. The van der Waals surface area contributed by atoms with E-state index in [1.54, 1.807) is 0 Å². The van der Waals surface area contributed by atoms with E-state index in [1.807, 2.05) is 42.6 Å². The molecule has 0 aliphatic rings. The first-order valence-corrected chi connectivity index (χ1v) is 24.9. The van der Waals surface area contributed by atoms with Crippen molar-refractivity contribution < 1.29 is 30.0 Å². The van der Waals surface area contributed by atoms with Gasteiger partial charge in [0, 0.05) is 54.5 Å². The summed E-state index contributed by atoms with van der Waals surface area (Å²) in [7, 11) is 0. The third kappa shape index (κ3) is 6.92. The molecule has 0 aliphatic heterocycles. The van der Waals surface area contributed by atoms with Crippen LogP contribution in [0, 0.1) is 18.5 Å². The molecule has 362 valence electrons. The second-order valence-electron chi connectivity index (χ2n) is 20.0. The summed E-state index contributed by atoms with van der Waals surface area (Å²) in [6.45, 7) is 6.69. The number of rotatable bonds is 4. The Kier molecular flexibility index (Phi) is 10.1. The summed E-state index contributed by atoms with van der Waals surface area (Å²) in [4.78, 5) is 13.0. The molecule has 0 unspecified atom stereocenters. The molecule has 10 heteroatoms. The van der Waals surface area contributed by atoms with Crippen molar-refractivity contribution in [1.82, 2.24) is 33.1 Å². The third-order valence-corrected chi connectivity index (χ3v) is 14.6. The predicted octanol–water partition coefficient (Wildman–Crippen LogP) is 15.1. The Bertz CT molecular complexity index is 4870. The quantitative estimate of drug-likeness (QED) is 0.141. The van der Waals surface area contributed by atoms with Crippen LogP contribution in [0.15, 0.2) is 211 Å². The third-order valence-electron chi connectivity index (χ3n) is 14.6. The zero-order chi connectivity index (χ0) is 49.2. The number of furan rings is 1. The Labute approximate surface area is 444 Å². The largest absolute Gasteiger partial charge is 0.516 e. The molecule has 0 fully saturated rings. The van der Waals surface area contributed by atoms with Crippen molar-refractivity contribution in [2.24, 2.45) is 0 Å². The van der Waals surface area contributed by atoms with Gasteiger partial charge >= 0.3 is 0 Å². The zero-order valence-corrected chi connectivity index (χ0v) is 43.3. The number of benzene rings is 9. The standard InChI is InChI=1S/C37H22N3O.C28H22N5.Pt/c1-4-14-30-26(11-1)27-12-2-5-15-31(27)40(30)35-19-9-8-18-34(35)39-24-38(32-16-6-7-17-33(32)39)25-21-22-37-29(23-25)28-13-3-10-20-36(28)41-37;1-28(2,3)17-12-13-29-26(14-17)32-22-10-6-4-8-18(22)19-15-25-21(16-24(19)32)31-27-30-20-9-5-7-11-23(20)33(25)27;/h1-20,22-23H;4-15H,1-3H3,(H,30,31);/q2*-1;. The average molecular weight is 1150 g/mol. The number of pyridine rings is 1. The molecule has 0 amide bonds. The second-order valence-corrected chi connectivity index (χ2v) is 20.0. The summed E-state index contributed by atoms with van der Waals surface area (Å²) in [6, 6.07) is 76.9. The number of aromatic nitrogens is 8. The molecule has 0 aliphatic carbocycles. The van der Waals surface area contributed by atoms with Crippen LogP contribution in [-0.2, 0) is 26.5 Å². The number of imidazole rings is 3. The normalized spacial score (nSPS) is 12.1. The van der Waals surface area contributed by atoms with E-state index in [4.69, 9.17) is 14.4 Å². The molecular weight excluding hydrogens is 1100 g/mol. The van der Waals surface area contributed by atoms with Crippen LogP contribution in [0.4, 0.5) is 0 Å². The molecule has 0 saturated carbocycles. The Morgan fingerprint density at radius 1 is 0.560 bits per heavy atom. The van der Waals surface area contributed by atoms with E-state index in [9.17, 15) is 0 Å². The van der Waals surface area contributed by atoms with Crippen LogP contribution in [0.3, 0.4) is 0 Å². The minimum Gasteiger partial charge on any atom is -0.516 e. The van der Waals surface area contributed by atoms with E-state index in [0.717, 1.165) is 100 Å². The molecule has 7 aromatic heterocycles. The number of aromatic amines is 1. The van der Waals surface area contributed by atoms with E-state index in [-0.39, 0.29) is 26.5 Å². The monoisotopic (exact) mass is 1150 g/mol. The van der Waals surface area contributed by atoms with Crippen molar-refractivity contribution in [1.29, 1.82) is 0 Å². The molecule has 9 aromatic carbocycles. The predicted molar refractivity (Wildman–Crippen MR) is 298 cm³/mol. The van der Waals surface area contributed by atoms with E-state index in [2.05, 4.69) is 231 Å². The summed E-state index contributed by atoms with van der Waals surface area (Å²) >= 11 is 0. The van der Waals surface area contributed by atoms with Gasteiger partial charge in [-0.05, 0) is 93.7 Å². The first kappa shape index (κ1) is 44.6. The van der Waals surface area contributed by atoms with Gasteiger partial charge in [0.05, 0.1) is 44.5 Å². The molecule has 0 bridgehead atoms. The van der Waals surface area contributed by atoms with E-state index in [0.29, 0.717) is 0 Å². The van der Waals surface area contributed by atoms with Gasteiger partial charge in [-0.1, -0.05) is 158 Å². The zero-order valence-electron chi connectivity index (χ0n) is 41.0. The molecule has 0 saturated heterocycles. The van der Waals surface area contributed by atoms with Gasteiger partial charge in [0.25, 0.3) is 6.33 Å². The molecule has 1 N–H and O–H groups in total. The van der Waals surface area contributed by atoms with Crippen LogP contribution in [0.1, 0.15) is 26.3 Å². The summed E-state index contributed by atoms with van der Waals surface area (Å²) < 4.78 is 17.1. The topological polar surface area (TPSA) is 77.8 Å². The van der Waals surface area contributed by atoms with Crippen molar-refractivity contribution in [2.45, 2.75) is 26.2 Å². The van der Waals surface area contributed by atoms with Crippen LogP contribution in [0.5, 0.6) is 0 Å². The number of nitrogens with one attached hydrogen (secondary N) is 1. The Hall–Kier alpha value is -9.04. The maximum atomic E-state index is 6.07. The van der Waals surface area contributed by atoms with Crippen LogP contribution in [0.25, 0.3) is 127 Å². The molecule has 0 spiro atoms. The van der Waals surface area contributed by atoms with E-state index in [1.165, 1.54) is 32.8 Å². The summed E-state index contributed by atoms with van der Waals surface area (Å²) in [5, 5.41) is 6.98. The van der Waals surface area contributed by atoms with Gasteiger partial charge in [-0.25, -0.2) is 9.97 Å². The van der Waals surface area contributed by atoms with Gasteiger partial charge < -0.3 is 27.5 Å². The fraction of sp³-hybridized carbons (Fsp3) is 0.0615. The van der Waals surface area contributed by atoms with Gasteiger partial charge in [0.2, 0.25) is 0 Å². The molecular formula is C65H44N8OPt-2. The van der Waals surface area contributed by atoms with Gasteiger partial charge in [0.15, 0.2) is 5.78 Å². The average Bonchev–Trinajstić information content (AvgIpc) is 4.34. The number of hydrogen-bond donors (Lipinski definition) is 1. The molecule has 7 heterocycles. The van der Waals surface area contributed by atoms with Crippen LogP contribution < -0.4 is 4.57 Å². The van der Waals surface area contributed by atoms with E-state index >= 15 is 0 Å². The van der Waals surface area contributed by atoms with Crippen LogP contribution >= 0.6 is 0 Å². The Morgan fingerprint density at radius 3 is 1.95 bits per heavy atom. The Balaban J connectivity index is 0.000000139. The van der Waals surface area contributed by atoms with Crippen LogP contribution in [-0.4, -0.2) is 33.1 Å². The van der Waals surface area contributed by atoms with Crippen molar-refractivity contribution in [2.75, 3.05) is 0 Å². The van der Waals surface area contributed by atoms with Crippen molar-refractivity contribution in [3.63, 3.8) is 0 Å². The summed E-state index contributed by atoms with van der Waals surface area (Å²) in [5.74, 6) is 1.74. The number of fused-ring (bicyclic) bond motifs is 15. The smallest absolute Gasteiger partial charge is 0.268 e. The first-order valence-electron chi connectivity index (χ1n) is 24.9. The van der Waals surface area contributed by atoms with Gasteiger partial charge in [-0.2, -0.15) is 6.07 Å². The molecule has 0 radical (unpaired) electrons. The van der Waals surface area contributed by atoms with Crippen molar-refractivity contribution in [3.05, 3.63) is 230 Å². The van der Waals surface area contributed by atoms with Gasteiger partial charge in [0.1, 0.15) is 11.4 Å². The molecule has 16 rings (SSSR count). The number of H-pyrrole nitrogens is 1. The first-order chi connectivity index (χ1) is 36.3. The minimum atomic E-state index is 0. The SMILES string of the molecule is CC(C)(C)c1ccnc(-n2c3[c-]c4[nH]c5nc6ccccc6n5c4cc3c3ccccc32)c1.[Pt].[c-]1cc2oc3ccccc3c2cc1-n1[c-][n+](-c2ccccc2-n2c3ccccc3c3ccccc32)c2ccccc21. The number of para-hydroxylation sites is 10. The summed E-state index contributed by atoms with van der Waals surface area (Å²) in [6.07, 6.45) is 5.59. The summed E-state index contributed by atoms with van der Waals surface area (Å²) in [5.41, 5.74) is 16.7. The second kappa shape index (κ2) is 17.0. The maximum absolute atomic E-state index is 6.07. The number of nitrogens with zero attached hydrogens (tertiary/aromatic N) is 7. The van der Waals surface area contributed by atoms with Crippen LogP contribution in [0.2, 0.25) is 0 Å². The molecule has 0 atom stereocenters. The van der Waals surface area contributed by atoms with E-state index < -0.39 is 0 Å². The van der Waals surface area contributed by atoms with Gasteiger partial charge in [-0.3, -0.25) is 4.57 Å². The minimum absolute atomic E-state index is 0. The molecule has 9 nitrogen and oxygen atoms in total. The van der Waals surface area contributed by atoms with Crippen molar-refractivity contribution >= 4 is 104 Å². The maximum Gasteiger partial charge on any atom is 0.268 e. The van der Waals surface area contributed by atoms with Crippen molar-refractivity contribution in [3.8, 4) is 22.9 Å². The number of hydrogen-bond acceptors (Lipinski definition) is 3. The molecule has 75 heavy (non-hydrogen) atoms. The fourth-order valence-electron chi connectivity index (χ4n) is 11.1. The Morgan fingerprint density at radius 2 is 1.19 bits per heavy atom. The fourth-order valence-corrected chi connectivity index (χ4v) is 11.1. The van der Waals surface area contributed by atoms with Gasteiger partial charge in [-0.15, -0.1) is 24.3 Å².